The molecular formula is C16H8N2O3. The van der Waals surface area contributed by atoms with Gasteiger partial charge >= 0.3 is 5.97 Å². The molecule has 0 amide bonds. The summed E-state index contributed by atoms with van der Waals surface area (Å²) in [7, 11) is 0. The quantitative estimate of drug-likeness (QED) is 0.578. The van der Waals surface area contributed by atoms with Crippen LogP contribution in [0.5, 0.6) is 0 Å². The summed E-state index contributed by atoms with van der Waals surface area (Å²) in [6.45, 7) is 0. The van der Waals surface area contributed by atoms with Crippen LogP contribution in [0, 0.1) is 0 Å². The Kier molecular flexibility index (Phi) is 2.21. The maximum atomic E-state index is 12.4. The third-order valence-corrected chi connectivity index (χ3v) is 3.57. The van der Waals surface area contributed by atoms with Crippen LogP contribution in [0.2, 0.25) is 0 Å². The van der Waals surface area contributed by atoms with E-state index in [-0.39, 0.29) is 22.6 Å². The SMILES string of the molecule is O=C1c2ccccc2-c2nc3cccc(C(=O)O)c3nc21. The smallest absolute Gasteiger partial charge is 0.337 e. The first-order valence-corrected chi connectivity index (χ1v) is 6.35. The summed E-state index contributed by atoms with van der Waals surface area (Å²) < 4.78 is 0. The highest BCUT2D eigenvalue weighted by Crippen LogP contribution is 2.35. The van der Waals surface area contributed by atoms with Crippen molar-refractivity contribution < 1.29 is 14.7 Å². The molecule has 0 atom stereocenters. The van der Waals surface area contributed by atoms with Gasteiger partial charge in [-0.25, -0.2) is 14.8 Å². The summed E-state index contributed by atoms with van der Waals surface area (Å²) in [4.78, 5) is 32.3. The van der Waals surface area contributed by atoms with Crippen LogP contribution in [0.15, 0.2) is 42.5 Å². The lowest BCUT2D eigenvalue weighted by atomic mass is 10.1. The number of nitrogens with zero attached hydrogens (tertiary/aromatic N) is 2. The lowest BCUT2D eigenvalue weighted by molar-refractivity contribution is 0.0698. The van der Waals surface area contributed by atoms with Gasteiger partial charge in [0.2, 0.25) is 5.78 Å². The molecule has 4 rings (SSSR count). The standard InChI is InChI=1S/C16H8N2O3/c19-15-9-5-2-1-4-8(9)13-14(15)18-12-10(16(20)21)6-3-7-11(12)17-13/h1-7H,(H,20,21). The number of carbonyl (C=O) groups excluding carboxylic acids is 1. The number of carboxylic acid groups (broad SMARTS) is 1. The fourth-order valence-electron chi connectivity index (χ4n) is 2.61. The number of aromatic carboxylic acids is 1. The van der Waals surface area contributed by atoms with E-state index in [9.17, 15) is 14.7 Å². The predicted molar refractivity (Wildman–Crippen MR) is 75.4 cm³/mol. The van der Waals surface area contributed by atoms with Gasteiger partial charge in [-0.1, -0.05) is 30.3 Å². The Labute approximate surface area is 118 Å². The van der Waals surface area contributed by atoms with Gasteiger partial charge in [-0.05, 0) is 12.1 Å². The molecule has 0 fully saturated rings. The van der Waals surface area contributed by atoms with Gasteiger partial charge in [-0.15, -0.1) is 0 Å². The molecule has 1 N–H and O–H groups in total. The van der Waals surface area contributed by atoms with Gasteiger partial charge in [-0.3, -0.25) is 4.79 Å². The van der Waals surface area contributed by atoms with Crippen LogP contribution in [0.1, 0.15) is 26.4 Å². The van der Waals surface area contributed by atoms with Gasteiger partial charge in [0, 0.05) is 11.1 Å². The molecule has 1 aliphatic rings. The normalized spacial score (nSPS) is 12.3. The number of hydrogen-bond acceptors (Lipinski definition) is 4. The van der Waals surface area contributed by atoms with Crippen LogP contribution in [0.4, 0.5) is 0 Å². The van der Waals surface area contributed by atoms with E-state index in [1.54, 1.807) is 24.3 Å². The zero-order valence-electron chi connectivity index (χ0n) is 10.7. The fraction of sp³-hybridized carbons (Fsp3) is 0. The minimum atomic E-state index is -1.09. The van der Waals surface area contributed by atoms with Crippen LogP contribution in [0.25, 0.3) is 22.3 Å². The van der Waals surface area contributed by atoms with Crippen molar-refractivity contribution in [2.24, 2.45) is 0 Å². The minimum Gasteiger partial charge on any atom is -0.478 e. The van der Waals surface area contributed by atoms with E-state index in [0.717, 1.165) is 5.56 Å². The van der Waals surface area contributed by atoms with Crippen molar-refractivity contribution in [3.05, 3.63) is 59.3 Å². The first kappa shape index (κ1) is 11.7. The van der Waals surface area contributed by atoms with Crippen LogP contribution in [0.3, 0.4) is 0 Å². The average Bonchev–Trinajstić information content (AvgIpc) is 2.78. The molecular weight excluding hydrogens is 268 g/mol. The van der Waals surface area contributed by atoms with Crippen molar-refractivity contribution in [1.29, 1.82) is 0 Å². The van der Waals surface area contributed by atoms with E-state index in [2.05, 4.69) is 9.97 Å². The molecule has 0 aliphatic heterocycles. The Bertz CT molecular complexity index is 947. The molecule has 1 aromatic heterocycles. The number of aromatic nitrogens is 2. The van der Waals surface area contributed by atoms with Crippen molar-refractivity contribution in [2.45, 2.75) is 0 Å². The number of benzene rings is 2. The monoisotopic (exact) mass is 276 g/mol. The zero-order valence-corrected chi connectivity index (χ0v) is 10.7. The number of carbonyl (C=O) groups is 2. The number of carboxylic acids is 1. The molecule has 5 nitrogen and oxygen atoms in total. The molecule has 1 aliphatic carbocycles. The maximum absolute atomic E-state index is 12.4. The van der Waals surface area contributed by atoms with Gasteiger partial charge in [0.1, 0.15) is 16.9 Å². The largest absolute Gasteiger partial charge is 0.478 e. The molecule has 3 aromatic rings. The topological polar surface area (TPSA) is 80.2 Å². The van der Waals surface area contributed by atoms with Crippen LogP contribution >= 0.6 is 0 Å². The molecule has 1 heterocycles. The lowest BCUT2D eigenvalue weighted by Crippen LogP contribution is -2.04. The average molecular weight is 276 g/mol. The molecule has 0 spiro atoms. The molecule has 5 heteroatoms. The highest BCUT2D eigenvalue weighted by atomic mass is 16.4. The van der Waals surface area contributed by atoms with E-state index in [0.29, 0.717) is 16.8 Å². The second-order valence-electron chi connectivity index (χ2n) is 4.77. The first-order chi connectivity index (χ1) is 10.2. The zero-order chi connectivity index (χ0) is 14.6. The molecule has 0 radical (unpaired) electrons. The van der Waals surface area contributed by atoms with Gasteiger partial charge in [0.25, 0.3) is 0 Å². The van der Waals surface area contributed by atoms with Gasteiger partial charge < -0.3 is 5.11 Å². The van der Waals surface area contributed by atoms with E-state index < -0.39 is 5.97 Å². The third-order valence-electron chi connectivity index (χ3n) is 3.57. The summed E-state index contributed by atoms with van der Waals surface area (Å²) in [5, 5.41) is 9.22. The van der Waals surface area contributed by atoms with Crippen molar-refractivity contribution in [3.63, 3.8) is 0 Å². The molecule has 0 bridgehead atoms. The second kappa shape index (κ2) is 3.96. The summed E-state index contributed by atoms with van der Waals surface area (Å²) >= 11 is 0. The summed E-state index contributed by atoms with van der Waals surface area (Å²) in [6.07, 6.45) is 0. The Morgan fingerprint density at radius 2 is 1.67 bits per heavy atom. The highest BCUT2D eigenvalue weighted by molar-refractivity contribution is 6.20. The number of para-hydroxylation sites is 1. The number of hydrogen-bond donors (Lipinski definition) is 1. The molecule has 0 saturated carbocycles. The van der Waals surface area contributed by atoms with Gasteiger partial charge in [-0.2, -0.15) is 0 Å². The molecule has 0 saturated heterocycles. The van der Waals surface area contributed by atoms with Crippen molar-refractivity contribution >= 4 is 22.8 Å². The summed E-state index contributed by atoms with van der Waals surface area (Å²) in [5.74, 6) is -1.30. The van der Waals surface area contributed by atoms with E-state index >= 15 is 0 Å². The Morgan fingerprint density at radius 3 is 2.43 bits per heavy atom. The first-order valence-electron chi connectivity index (χ1n) is 6.35. The molecule has 0 unspecified atom stereocenters. The van der Waals surface area contributed by atoms with E-state index in [1.165, 1.54) is 6.07 Å². The van der Waals surface area contributed by atoms with E-state index in [1.807, 2.05) is 12.1 Å². The van der Waals surface area contributed by atoms with Crippen LogP contribution < -0.4 is 0 Å². The van der Waals surface area contributed by atoms with Gasteiger partial charge in [0.05, 0.1) is 11.1 Å². The molecule has 21 heavy (non-hydrogen) atoms. The minimum absolute atomic E-state index is 0.0477. The number of ketones is 1. The van der Waals surface area contributed by atoms with Crippen LogP contribution in [-0.2, 0) is 0 Å². The summed E-state index contributed by atoms with van der Waals surface area (Å²) in [5.41, 5.74) is 2.80. The predicted octanol–water partition coefficient (Wildman–Crippen LogP) is 2.54. The Hall–Kier alpha value is -3.08. The van der Waals surface area contributed by atoms with Gasteiger partial charge in [0.15, 0.2) is 0 Å². The van der Waals surface area contributed by atoms with Crippen molar-refractivity contribution in [1.82, 2.24) is 9.97 Å². The second-order valence-corrected chi connectivity index (χ2v) is 4.77. The molecule has 100 valence electrons. The maximum Gasteiger partial charge on any atom is 0.337 e. The fourth-order valence-corrected chi connectivity index (χ4v) is 2.61. The highest BCUT2D eigenvalue weighted by Gasteiger charge is 2.30. The Morgan fingerprint density at radius 1 is 0.905 bits per heavy atom. The molecule has 2 aromatic carbocycles. The van der Waals surface area contributed by atoms with Crippen molar-refractivity contribution in [2.75, 3.05) is 0 Å². The van der Waals surface area contributed by atoms with E-state index in [4.69, 9.17) is 0 Å². The van der Waals surface area contributed by atoms with Crippen LogP contribution in [-0.4, -0.2) is 26.8 Å². The summed E-state index contributed by atoms with van der Waals surface area (Å²) in [6, 6.07) is 11.9. The van der Waals surface area contributed by atoms with Crippen molar-refractivity contribution in [3.8, 4) is 11.3 Å². The lowest BCUT2D eigenvalue weighted by Gasteiger charge is -2.04. The number of rotatable bonds is 1. The Balaban J connectivity index is 2.10. The third kappa shape index (κ3) is 1.51. The number of fused-ring (bicyclic) bond motifs is 4.